The molecule has 2 saturated heterocycles. The number of piperidine rings is 1. The van der Waals surface area contributed by atoms with Crippen LogP contribution in [0.4, 0.5) is 0 Å². The van der Waals surface area contributed by atoms with Gasteiger partial charge in [-0.25, -0.2) is 0 Å². The third-order valence-electron chi connectivity index (χ3n) is 6.16. The van der Waals surface area contributed by atoms with Crippen molar-refractivity contribution in [2.75, 3.05) is 52.4 Å². The molecular weight excluding hydrogens is 350 g/mol. The molecule has 2 rings (SSSR count). The summed E-state index contributed by atoms with van der Waals surface area (Å²) in [4.78, 5) is 10.1. The van der Waals surface area contributed by atoms with Crippen LogP contribution >= 0.6 is 0 Å². The van der Waals surface area contributed by atoms with Gasteiger partial charge in [0, 0.05) is 32.2 Å². The SMILES string of the molecule is CCNC(=NCC(C(C)C)N1CCCCCC1)NCCCN1CCC(O)CC1. The van der Waals surface area contributed by atoms with Gasteiger partial charge in [0.25, 0.3) is 0 Å². The number of rotatable bonds is 9. The molecule has 1 atom stereocenters. The number of hydrogen-bond donors (Lipinski definition) is 3. The van der Waals surface area contributed by atoms with Gasteiger partial charge in [-0.2, -0.15) is 0 Å². The second-order valence-corrected chi connectivity index (χ2v) is 8.83. The minimum Gasteiger partial charge on any atom is -0.393 e. The first-order valence-corrected chi connectivity index (χ1v) is 11.8. The van der Waals surface area contributed by atoms with Gasteiger partial charge in [-0.05, 0) is 64.6 Å². The predicted octanol–water partition coefficient (Wildman–Crippen LogP) is 2.29. The van der Waals surface area contributed by atoms with Crippen LogP contribution in [0.5, 0.6) is 0 Å². The topological polar surface area (TPSA) is 63.1 Å². The standard InChI is InChI=1S/C22H45N5O/c1-4-23-22(24-12-9-13-26-16-10-20(28)11-17-26)25-18-21(19(2)3)27-14-7-5-6-8-15-27/h19-21,28H,4-18H2,1-3H3,(H2,23,24,25). The Bertz CT molecular complexity index is 427. The lowest BCUT2D eigenvalue weighted by atomic mass is 10.0. The van der Waals surface area contributed by atoms with Crippen LogP contribution in [0.3, 0.4) is 0 Å². The van der Waals surface area contributed by atoms with Crippen molar-refractivity contribution in [2.24, 2.45) is 10.9 Å². The number of guanidine groups is 1. The van der Waals surface area contributed by atoms with E-state index in [1.54, 1.807) is 0 Å². The Morgan fingerprint density at radius 2 is 1.71 bits per heavy atom. The van der Waals surface area contributed by atoms with Crippen LogP contribution in [0, 0.1) is 5.92 Å². The van der Waals surface area contributed by atoms with E-state index in [9.17, 15) is 5.11 Å². The fraction of sp³-hybridized carbons (Fsp3) is 0.955. The van der Waals surface area contributed by atoms with Gasteiger partial charge in [0.05, 0.1) is 12.6 Å². The summed E-state index contributed by atoms with van der Waals surface area (Å²) in [7, 11) is 0. The molecule has 0 aromatic heterocycles. The highest BCUT2D eigenvalue weighted by Gasteiger charge is 2.22. The van der Waals surface area contributed by atoms with Crippen LogP contribution in [0.2, 0.25) is 0 Å². The van der Waals surface area contributed by atoms with E-state index in [1.807, 2.05) is 0 Å². The molecule has 6 heteroatoms. The van der Waals surface area contributed by atoms with Crippen molar-refractivity contribution in [3.8, 4) is 0 Å². The van der Waals surface area contributed by atoms with E-state index in [1.165, 1.54) is 38.8 Å². The first-order chi connectivity index (χ1) is 13.6. The summed E-state index contributed by atoms with van der Waals surface area (Å²) in [5.41, 5.74) is 0. The molecule has 0 radical (unpaired) electrons. The number of nitrogens with zero attached hydrogens (tertiary/aromatic N) is 3. The fourth-order valence-corrected chi connectivity index (χ4v) is 4.35. The van der Waals surface area contributed by atoms with Gasteiger partial charge in [-0.3, -0.25) is 9.89 Å². The molecule has 28 heavy (non-hydrogen) atoms. The molecule has 1 unspecified atom stereocenters. The van der Waals surface area contributed by atoms with Crippen molar-refractivity contribution >= 4 is 5.96 Å². The van der Waals surface area contributed by atoms with Crippen molar-refractivity contribution in [3.63, 3.8) is 0 Å². The van der Waals surface area contributed by atoms with E-state index in [0.29, 0.717) is 12.0 Å². The minimum atomic E-state index is -0.0834. The molecule has 2 heterocycles. The molecule has 2 aliphatic heterocycles. The zero-order chi connectivity index (χ0) is 20.2. The average molecular weight is 396 g/mol. The maximum absolute atomic E-state index is 9.62. The lowest BCUT2D eigenvalue weighted by Crippen LogP contribution is -2.44. The van der Waals surface area contributed by atoms with Crippen LogP contribution in [0.15, 0.2) is 4.99 Å². The maximum Gasteiger partial charge on any atom is 0.191 e. The summed E-state index contributed by atoms with van der Waals surface area (Å²) in [6, 6.07) is 0.535. The molecule has 6 nitrogen and oxygen atoms in total. The summed E-state index contributed by atoms with van der Waals surface area (Å²) in [5, 5.41) is 16.5. The number of likely N-dealkylation sites (tertiary alicyclic amines) is 2. The predicted molar refractivity (Wildman–Crippen MR) is 119 cm³/mol. The molecule has 0 aromatic carbocycles. The zero-order valence-corrected chi connectivity index (χ0v) is 18.6. The van der Waals surface area contributed by atoms with Gasteiger partial charge in [0.15, 0.2) is 5.96 Å². The summed E-state index contributed by atoms with van der Waals surface area (Å²) >= 11 is 0. The Morgan fingerprint density at radius 1 is 1.04 bits per heavy atom. The molecular formula is C22H45N5O. The van der Waals surface area contributed by atoms with Crippen molar-refractivity contribution in [1.29, 1.82) is 0 Å². The molecule has 0 amide bonds. The third-order valence-corrected chi connectivity index (χ3v) is 6.16. The highest BCUT2D eigenvalue weighted by atomic mass is 16.3. The average Bonchev–Trinajstić information content (AvgIpc) is 2.96. The minimum absolute atomic E-state index is 0.0834. The Hall–Kier alpha value is -0.850. The van der Waals surface area contributed by atoms with Gasteiger partial charge in [0.1, 0.15) is 0 Å². The van der Waals surface area contributed by atoms with Gasteiger partial charge in [-0.15, -0.1) is 0 Å². The molecule has 0 aromatic rings. The molecule has 2 fully saturated rings. The van der Waals surface area contributed by atoms with Crippen molar-refractivity contribution < 1.29 is 5.11 Å². The van der Waals surface area contributed by atoms with Crippen LogP contribution in [-0.2, 0) is 0 Å². The number of aliphatic hydroxyl groups is 1. The van der Waals surface area contributed by atoms with E-state index < -0.39 is 0 Å². The van der Waals surface area contributed by atoms with Crippen LogP contribution in [-0.4, -0.2) is 85.4 Å². The summed E-state index contributed by atoms with van der Waals surface area (Å²) in [6.45, 7) is 15.1. The molecule has 0 bridgehead atoms. The van der Waals surface area contributed by atoms with E-state index in [4.69, 9.17) is 4.99 Å². The first kappa shape index (κ1) is 23.4. The zero-order valence-electron chi connectivity index (χ0n) is 18.6. The van der Waals surface area contributed by atoms with Crippen molar-refractivity contribution in [2.45, 2.75) is 77.9 Å². The third kappa shape index (κ3) is 8.66. The van der Waals surface area contributed by atoms with Gasteiger partial charge in [-0.1, -0.05) is 26.7 Å². The first-order valence-electron chi connectivity index (χ1n) is 11.8. The Labute approximate surface area is 173 Å². The summed E-state index contributed by atoms with van der Waals surface area (Å²) < 4.78 is 0. The van der Waals surface area contributed by atoms with Gasteiger partial charge >= 0.3 is 0 Å². The number of aliphatic hydroxyl groups excluding tert-OH is 1. The summed E-state index contributed by atoms with van der Waals surface area (Å²) in [5.74, 6) is 1.58. The molecule has 0 aliphatic carbocycles. The second-order valence-electron chi connectivity index (χ2n) is 8.83. The monoisotopic (exact) mass is 395 g/mol. The van der Waals surface area contributed by atoms with Crippen molar-refractivity contribution in [3.05, 3.63) is 0 Å². The van der Waals surface area contributed by atoms with Gasteiger partial charge < -0.3 is 20.6 Å². The molecule has 164 valence electrons. The number of aliphatic imine (C=N–C) groups is 1. The van der Waals surface area contributed by atoms with Crippen LogP contribution < -0.4 is 10.6 Å². The largest absolute Gasteiger partial charge is 0.393 e. The molecule has 3 N–H and O–H groups in total. The molecule has 0 spiro atoms. The van der Waals surface area contributed by atoms with Crippen molar-refractivity contribution in [1.82, 2.24) is 20.4 Å². The van der Waals surface area contributed by atoms with E-state index in [0.717, 1.165) is 64.5 Å². The Kier molecular flexibility index (Phi) is 11.2. The quantitative estimate of drug-likeness (QED) is 0.318. The highest BCUT2D eigenvalue weighted by Crippen LogP contribution is 2.17. The van der Waals surface area contributed by atoms with E-state index in [2.05, 4.69) is 41.2 Å². The van der Waals surface area contributed by atoms with Crippen LogP contribution in [0.25, 0.3) is 0 Å². The van der Waals surface area contributed by atoms with Gasteiger partial charge in [0.2, 0.25) is 0 Å². The van der Waals surface area contributed by atoms with Crippen LogP contribution in [0.1, 0.15) is 65.7 Å². The summed E-state index contributed by atoms with van der Waals surface area (Å²) in [6.07, 6.45) is 8.29. The van der Waals surface area contributed by atoms with E-state index in [-0.39, 0.29) is 6.10 Å². The highest BCUT2D eigenvalue weighted by molar-refractivity contribution is 5.79. The Morgan fingerprint density at radius 3 is 2.32 bits per heavy atom. The molecule has 2 aliphatic rings. The van der Waals surface area contributed by atoms with E-state index >= 15 is 0 Å². The number of hydrogen-bond acceptors (Lipinski definition) is 4. The lowest BCUT2D eigenvalue weighted by Gasteiger charge is -2.32. The lowest BCUT2D eigenvalue weighted by molar-refractivity contribution is 0.0823. The second kappa shape index (κ2) is 13.4. The molecule has 0 saturated carbocycles. The number of nitrogens with one attached hydrogen (secondary N) is 2. The Balaban J connectivity index is 1.77. The fourth-order valence-electron chi connectivity index (χ4n) is 4.35. The smallest absolute Gasteiger partial charge is 0.191 e. The normalized spacial score (nSPS) is 22.2. The maximum atomic E-state index is 9.62.